The molecular weight excluding hydrogens is 307 g/mol. The lowest BCUT2D eigenvalue weighted by molar-refractivity contribution is 0.0992. The molecule has 2 aromatic carbocycles. The van der Waals surface area contributed by atoms with E-state index in [4.69, 9.17) is 23.2 Å². The van der Waals surface area contributed by atoms with Crippen molar-refractivity contribution in [2.24, 2.45) is 0 Å². The van der Waals surface area contributed by atoms with Crippen LogP contribution < -0.4 is 0 Å². The van der Waals surface area contributed by atoms with Crippen molar-refractivity contribution in [1.82, 2.24) is 9.97 Å². The van der Waals surface area contributed by atoms with Gasteiger partial charge < -0.3 is 0 Å². The van der Waals surface area contributed by atoms with Crippen molar-refractivity contribution in [3.63, 3.8) is 0 Å². The van der Waals surface area contributed by atoms with E-state index >= 15 is 0 Å². The molecule has 0 spiro atoms. The first kappa shape index (κ1) is 14.0. The third-order valence-corrected chi connectivity index (χ3v) is 3.64. The lowest BCUT2D eigenvalue weighted by Gasteiger charge is -2.05. The third-order valence-electron chi connectivity index (χ3n) is 3.09. The zero-order chi connectivity index (χ0) is 14.8. The Labute approximate surface area is 131 Å². The Balaban J connectivity index is 1.92. The number of halogens is 2. The largest absolute Gasteiger partial charge is 0.294 e. The summed E-state index contributed by atoms with van der Waals surface area (Å²) in [5.74, 6) is -0.0712. The standard InChI is InChI=1S/C16H10Cl2N2O/c17-11-7-5-10(6-8-11)15(21)9-14-16(18)20-13-4-2-1-3-12(13)19-14/h1-8H,9H2. The normalized spacial score (nSPS) is 10.8. The molecule has 21 heavy (non-hydrogen) atoms. The van der Waals surface area contributed by atoms with E-state index in [9.17, 15) is 4.79 Å². The molecule has 3 aromatic rings. The highest BCUT2D eigenvalue weighted by molar-refractivity contribution is 6.31. The van der Waals surface area contributed by atoms with E-state index in [1.807, 2.05) is 24.3 Å². The van der Waals surface area contributed by atoms with Gasteiger partial charge in [0.05, 0.1) is 23.1 Å². The van der Waals surface area contributed by atoms with Crippen LogP contribution in [0.5, 0.6) is 0 Å². The van der Waals surface area contributed by atoms with Crippen molar-refractivity contribution in [3.8, 4) is 0 Å². The van der Waals surface area contributed by atoms with Crippen molar-refractivity contribution >= 4 is 40.0 Å². The van der Waals surface area contributed by atoms with Gasteiger partial charge in [0.2, 0.25) is 0 Å². The van der Waals surface area contributed by atoms with Crippen LogP contribution in [0.1, 0.15) is 16.1 Å². The molecule has 0 aliphatic rings. The fourth-order valence-corrected chi connectivity index (χ4v) is 2.34. The van der Waals surface area contributed by atoms with Crippen molar-refractivity contribution in [3.05, 3.63) is 70.0 Å². The Bertz CT molecular complexity index is 816. The Morgan fingerprint density at radius 3 is 2.19 bits per heavy atom. The van der Waals surface area contributed by atoms with Crippen LogP contribution in [-0.2, 0) is 6.42 Å². The van der Waals surface area contributed by atoms with E-state index in [1.165, 1.54) is 0 Å². The first-order chi connectivity index (χ1) is 10.1. The van der Waals surface area contributed by atoms with E-state index in [0.29, 0.717) is 21.8 Å². The number of aromatic nitrogens is 2. The quantitative estimate of drug-likeness (QED) is 0.674. The second-order valence-corrected chi connectivity index (χ2v) is 5.35. The summed E-state index contributed by atoms with van der Waals surface area (Å²) in [5, 5.41) is 0.853. The molecule has 0 aliphatic heterocycles. The second kappa shape index (κ2) is 5.80. The summed E-state index contributed by atoms with van der Waals surface area (Å²) in [5.41, 5.74) is 2.49. The van der Waals surface area contributed by atoms with Gasteiger partial charge in [-0.1, -0.05) is 35.3 Å². The minimum Gasteiger partial charge on any atom is -0.294 e. The van der Waals surface area contributed by atoms with Crippen LogP contribution in [0.2, 0.25) is 10.2 Å². The Kier molecular flexibility index (Phi) is 3.86. The van der Waals surface area contributed by atoms with Gasteiger partial charge in [0, 0.05) is 10.6 Å². The van der Waals surface area contributed by atoms with Gasteiger partial charge in [0.15, 0.2) is 10.9 Å². The maximum absolute atomic E-state index is 12.2. The van der Waals surface area contributed by atoms with Gasteiger partial charge in [-0.2, -0.15) is 0 Å². The molecule has 0 fully saturated rings. The van der Waals surface area contributed by atoms with Gasteiger partial charge >= 0.3 is 0 Å². The number of Topliss-reactive ketones (excluding diaryl/α,β-unsaturated/α-hetero) is 1. The fourth-order valence-electron chi connectivity index (χ4n) is 2.02. The van der Waals surface area contributed by atoms with Crippen LogP contribution in [0.4, 0.5) is 0 Å². The molecule has 0 unspecified atom stereocenters. The molecule has 0 amide bonds. The molecule has 104 valence electrons. The van der Waals surface area contributed by atoms with Gasteiger partial charge in [0.25, 0.3) is 0 Å². The summed E-state index contributed by atoms with van der Waals surface area (Å²) in [6, 6.07) is 14.2. The van der Waals surface area contributed by atoms with E-state index in [-0.39, 0.29) is 17.4 Å². The zero-order valence-corrected chi connectivity index (χ0v) is 12.4. The predicted octanol–water partition coefficient (Wildman–Crippen LogP) is 4.36. The number of benzene rings is 2. The topological polar surface area (TPSA) is 42.9 Å². The lowest BCUT2D eigenvalue weighted by atomic mass is 10.1. The summed E-state index contributed by atoms with van der Waals surface area (Å²) >= 11 is 11.9. The van der Waals surface area contributed by atoms with Crippen LogP contribution in [0, 0.1) is 0 Å². The number of fused-ring (bicyclic) bond motifs is 1. The van der Waals surface area contributed by atoms with Gasteiger partial charge in [0.1, 0.15) is 0 Å². The highest BCUT2D eigenvalue weighted by atomic mass is 35.5. The SMILES string of the molecule is O=C(Cc1nc2ccccc2nc1Cl)c1ccc(Cl)cc1. The minimum absolute atomic E-state index is 0.0712. The van der Waals surface area contributed by atoms with E-state index in [0.717, 1.165) is 5.52 Å². The maximum Gasteiger partial charge on any atom is 0.168 e. The summed E-state index contributed by atoms with van der Waals surface area (Å²) in [4.78, 5) is 20.9. The minimum atomic E-state index is -0.0712. The lowest BCUT2D eigenvalue weighted by Crippen LogP contribution is -2.06. The number of carbonyl (C=O) groups is 1. The van der Waals surface area contributed by atoms with Crippen LogP contribution in [0.15, 0.2) is 48.5 Å². The number of nitrogens with zero attached hydrogens (tertiary/aromatic N) is 2. The highest BCUT2D eigenvalue weighted by Crippen LogP contribution is 2.19. The molecule has 0 radical (unpaired) electrons. The zero-order valence-electron chi connectivity index (χ0n) is 10.9. The Hall–Kier alpha value is -1.97. The number of para-hydroxylation sites is 2. The molecule has 0 saturated heterocycles. The first-order valence-electron chi connectivity index (χ1n) is 6.33. The van der Waals surface area contributed by atoms with Crippen molar-refractivity contribution in [2.45, 2.75) is 6.42 Å². The highest BCUT2D eigenvalue weighted by Gasteiger charge is 2.13. The Morgan fingerprint density at radius 1 is 0.905 bits per heavy atom. The monoisotopic (exact) mass is 316 g/mol. The number of rotatable bonds is 3. The van der Waals surface area contributed by atoms with Gasteiger partial charge in [-0.25, -0.2) is 9.97 Å². The first-order valence-corrected chi connectivity index (χ1v) is 7.09. The third kappa shape index (κ3) is 3.04. The van der Waals surface area contributed by atoms with E-state index in [1.54, 1.807) is 24.3 Å². The average Bonchev–Trinajstić information content (AvgIpc) is 2.48. The molecule has 3 nitrogen and oxygen atoms in total. The smallest absolute Gasteiger partial charge is 0.168 e. The van der Waals surface area contributed by atoms with Crippen molar-refractivity contribution < 1.29 is 4.79 Å². The molecular formula is C16H10Cl2N2O. The molecule has 0 saturated carbocycles. The number of ketones is 1. The van der Waals surface area contributed by atoms with E-state index < -0.39 is 0 Å². The molecule has 0 N–H and O–H groups in total. The van der Waals surface area contributed by atoms with Crippen LogP contribution in [0.3, 0.4) is 0 Å². The second-order valence-electron chi connectivity index (χ2n) is 4.56. The molecule has 0 bridgehead atoms. The fraction of sp³-hybridized carbons (Fsp3) is 0.0625. The van der Waals surface area contributed by atoms with Crippen LogP contribution in [0.25, 0.3) is 11.0 Å². The molecule has 5 heteroatoms. The van der Waals surface area contributed by atoms with Gasteiger partial charge in [-0.15, -0.1) is 0 Å². The van der Waals surface area contributed by atoms with Crippen molar-refractivity contribution in [2.75, 3.05) is 0 Å². The molecule has 1 aromatic heterocycles. The number of carbonyl (C=O) groups excluding carboxylic acids is 1. The predicted molar refractivity (Wildman–Crippen MR) is 84.0 cm³/mol. The molecule has 1 heterocycles. The van der Waals surface area contributed by atoms with E-state index in [2.05, 4.69) is 9.97 Å². The van der Waals surface area contributed by atoms with Crippen LogP contribution in [-0.4, -0.2) is 15.8 Å². The average molecular weight is 317 g/mol. The van der Waals surface area contributed by atoms with Gasteiger partial charge in [-0.05, 0) is 36.4 Å². The van der Waals surface area contributed by atoms with Crippen molar-refractivity contribution in [1.29, 1.82) is 0 Å². The number of hydrogen-bond donors (Lipinski definition) is 0. The summed E-state index contributed by atoms with van der Waals surface area (Å²) in [6.45, 7) is 0. The number of hydrogen-bond acceptors (Lipinski definition) is 3. The molecule has 0 atom stereocenters. The summed E-state index contributed by atoms with van der Waals surface area (Å²) in [6.07, 6.45) is 0.109. The molecule has 0 aliphatic carbocycles. The van der Waals surface area contributed by atoms with Gasteiger partial charge in [-0.3, -0.25) is 4.79 Å². The summed E-state index contributed by atoms with van der Waals surface area (Å²) in [7, 11) is 0. The molecule has 3 rings (SSSR count). The summed E-state index contributed by atoms with van der Waals surface area (Å²) < 4.78 is 0. The maximum atomic E-state index is 12.2. The Morgan fingerprint density at radius 2 is 1.52 bits per heavy atom. The van der Waals surface area contributed by atoms with Crippen LogP contribution >= 0.6 is 23.2 Å².